The van der Waals surface area contributed by atoms with Gasteiger partial charge in [-0.15, -0.1) is 0 Å². The fourth-order valence-electron chi connectivity index (χ4n) is 1.72. The molecule has 0 aromatic heterocycles. The maximum absolute atomic E-state index is 11.9. The number of nitrogens with zero attached hydrogens (tertiary/aromatic N) is 1. The summed E-state index contributed by atoms with van der Waals surface area (Å²) in [6.07, 6.45) is 1.08. The van der Waals surface area contributed by atoms with E-state index in [4.69, 9.17) is 5.26 Å². The van der Waals surface area contributed by atoms with E-state index in [2.05, 4.69) is 11.6 Å². The summed E-state index contributed by atoms with van der Waals surface area (Å²) in [5, 5.41) is 8.73. The number of hydrogen-bond acceptors (Lipinski definition) is 3. The first-order valence-corrected chi connectivity index (χ1v) is 7.01. The molecule has 4 nitrogen and oxygen atoms in total. The minimum Gasteiger partial charge on any atom is -0.211 e. The lowest BCUT2D eigenvalue weighted by Crippen LogP contribution is -2.26. The van der Waals surface area contributed by atoms with Gasteiger partial charge in [0.25, 0.3) is 0 Å². The molecule has 1 aliphatic carbocycles. The van der Waals surface area contributed by atoms with Gasteiger partial charge in [-0.3, -0.25) is 0 Å². The lowest BCUT2D eigenvalue weighted by Gasteiger charge is -2.06. The minimum absolute atomic E-state index is 0.157. The van der Waals surface area contributed by atoms with Crippen molar-refractivity contribution in [2.24, 2.45) is 11.8 Å². The lowest BCUT2D eigenvalue weighted by atomic mass is 10.2. The van der Waals surface area contributed by atoms with Crippen LogP contribution in [0.3, 0.4) is 0 Å². The molecule has 2 rings (SSSR count). The van der Waals surface area contributed by atoms with Crippen LogP contribution in [0.15, 0.2) is 29.2 Å². The first-order valence-electron chi connectivity index (χ1n) is 5.53. The molecule has 0 heterocycles. The van der Waals surface area contributed by atoms with E-state index in [1.807, 2.05) is 6.07 Å². The standard InChI is InChI=1S/C12H14N2O2S/c1-9-5-11(9)8-14-17(15,16)12-4-2-3-10(6-12)7-13/h2-4,6,9,11,14H,5,8H2,1H3. The minimum atomic E-state index is -3.47. The molecule has 0 bridgehead atoms. The molecule has 1 N–H and O–H groups in total. The molecule has 2 unspecified atom stereocenters. The summed E-state index contributed by atoms with van der Waals surface area (Å²) in [7, 11) is -3.47. The zero-order chi connectivity index (χ0) is 12.5. The van der Waals surface area contributed by atoms with E-state index in [0.717, 1.165) is 6.42 Å². The highest BCUT2D eigenvalue weighted by atomic mass is 32.2. The molecule has 1 saturated carbocycles. The predicted octanol–water partition coefficient (Wildman–Crippen LogP) is 1.49. The molecule has 90 valence electrons. The van der Waals surface area contributed by atoms with Gasteiger partial charge in [0.05, 0.1) is 16.5 Å². The Labute approximate surface area is 101 Å². The van der Waals surface area contributed by atoms with Crippen LogP contribution in [0.1, 0.15) is 18.9 Å². The molecule has 5 heteroatoms. The van der Waals surface area contributed by atoms with Gasteiger partial charge in [0.2, 0.25) is 10.0 Å². The molecule has 2 atom stereocenters. The van der Waals surface area contributed by atoms with E-state index in [0.29, 0.717) is 23.9 Å². The monoisotopic (exact) mass is 250 g/mol. The van der Waals surface area contributed by atoms with E-state index in [-0.39, 0.29) is 4.90 Å². The Morgan fingerprint density at radius 1 is 1.53 bits per heavy atom. The summed E-state index contributed by atoms with van der Waals surface area (Å²) in [5.74, 6) is 1.08. The van der Waals surface area contributed by atoms with Crippen LogP contribution in [0.25, 0.3) is 0 Å². The molecule has 1 aliphatic rings. The van der Waals surface area contributed by atoms with Gasteiger partial charge in [0, 0.05) is 6.54 Å². The zero-order valence-electron chi connectivity index (χ0n) is 9.55. The summed E-state index contributed by atoms with van der Waals surface area (Å²) in [4.78, 5) is 0.157. The van der Waals surface area contributed by atoms with Crippen LogP contribution in [0.4, 0.5) is 0 Å². The van der Waals surface area contributed by atoms with Crippen molar-refractivity contribution in [1.29, 1.82) is 5.26 Å². The number of benzene rings is 1. The Kier molecular flexibility index (Phi) is 3.18. The van der Waals surface area contributed by atoms with Crippen molar-refractivity contribution >= 4 is 10.0 Å². The zero-order valence-corrected chi connectivity index (χ0v) is 10.4. The van der Waals surface area contributed by atoms with Gasteiger partial charge in [-0.05, 0) is 36.5 Å². The smallest absolute Gasteiger partial charge is 0.211 e. The molecule has 1 fully saturated rings. The van der Waals surface area contributed by atoms with Crippen LogP contribution < -0.4 is 4.72 Å². The highest BCUT2D eigenvalue weighted by molar-refractivity contribution is 7.89. The average Bonchev–Trinajstić information content (AvgIpc) is 3.03. The van der Waals surface area contributed by atoms with Crippen LogP contribution in [0.2, 0.25) is 0 Å². The molecule has 0 spiro atoms. The van der Waals surface area contributed by atoms with E-state index in [1.165, 1.54) is 12.1 Å². The maximum Gasteiger partial charge on any atom is 0.240 e. The van der Waals surface area contributed by atoms with Crippen molar-refractivity contribution in [3.8, 4) is 6.07 Å². The highest BCUT2D eigenvalue weighted by Gasteiger charge is 2.33. The molecule has 0 radical (unpaired) electrons. The second-order valence-corrected chi connectivity index (χ2v) is 6.23. The lowest BCUT2D eigenvalue weighted by molar-refractivity contribution is 0.574. The fourth-order valence-corrected chi connectivity index (χ4v) is 2.86. The van der Waals surface area contributed by atoms with Crippen molar-refractivity contribution in [3.05, 3.63) is 29.8 Å². The van der Waals surface area contributed by atoms with Gasteiger partial charge < -0.3 is 0 Å². The number of hydrogen-bond donors (Lipinski definition) is 1. The number of rotatable bonds is 4. The van der Waals surface area contributed by atoms with E-state index in [9.17, 15) is 8.42 Å². The fraction of sp³-hybridized carbons (Fsp3) is 0.417. The highest BCUT2D eigenvalue weighted by Crippen LogP contribution is 2.37. The van der Waals surface area contributed by atoms with Gasteiger partial charge >= 0.3 is 0 Å². The summed E-state index contributed by atoms with van der Waals surface area (Å²) in [6, 6.07) is 7.98. The van der Waals surface area contributed by atoms with Gasteiger partial charge in [-0.25, -0.2) is 13.1 Å². The third-order valence-electron chi connectivity index (χ3n) is 3.09. The predicted molar refractivity (Wildman–Crippen MR) is 63.6 cm³/mol. The van der Waals surface area contributed by atoms with Crippen LogP contribution >= 0.6 is 0 Å². The second kappa shape index (κ2) is 4.47. The normalized spacial score (nSPS) is 23.1. The molecule has 0 aliphatic heterocycles. The first kappa shape index (κ1) is 12.1. The Morgan fingerprint density at radius 2 is 2.24 bits per heavy atom. The summed E-state index contributed by atoms with van der Waals surface area (Å²) in [6.45, 7) is 2.59. The van der Waals surface area contributed by atoms with Crippen molar-refractivity contribution < 1.29 is 8.42 Å². The van der Waals surface area contributed by atoms with Crippen molar-refractivity contribution in [2.45, 2.75) is 18.2 Å². The first-order chi connectivity index (χ1) is 8.03. The van der Waals surface area contributed by atoms with Crippen LogP contribution in [0.5, 0.6) is 0 Å². The Balaban J connectivity index is 2.11. The number of nitriles is 1. The second-order valence-electron chi connectivity index (χ2n) is 4.46. The van der Waals surface area contributed by atoms with Crippen LogP contribution in [-0.2, 0) is 10.0 Å². The molecule has 1 aromatic rings. The molecule has 0 saturated heterocycles. The summed E-state index contributed by atoms with van der Waals surface area (Å²) < 4.78 is 26.4. The van der Waals surface area contributed by atoms with Crippen LogP contribution in [0, 0.1) is 23.2 Å². The maximum atomic E-state index is 11.9. The topological polar surface area (TPSA) is 70.0 Å². The van der Waals surface area contributed by atoms with E-state index < -0.39 is 10.0 Å². The molecule has 1 aromatic carbocycles. The number of nitrogens with one attached hydrogen (secondary N) is 1. The van der Waals surface area contributed by atoms with Crippen molar-refractivity contribution in [1.82, 2.24) is 4.72 Å². The Bertz CT molecular complexity index is 560. The molecule has 0 amide bonds. The third-order valence-corrected chi connectivity index (χ3v) is 4.51. The molecular formula is C12H14N2O2S. The average molecular weight is 250 g/mol. The summed E-state index contributed by atoms with van der Waals surface area (Å²) >= 11 is 0. The van der Waals surface area contributed by atoms with E-state index >= 15 is 0 Å². The number of sulfonamides is 1. The van der Waals surface area contributed by atoms with Crippen molar-refractivity contribution in [2.75, 3.05) is 6.54 Å². The van der Waals surface area contributed by atoms with Gasteiger partial charge in [0.15, 0.2) is 0 Å². The van der Waals surface area contributed by atoms with Crippen molar-refractivity contribution in [3.63, 3.8) is 0 Å². The Morgan fingerprint density at radius 3 is 2.82 bits per heavy atom. The van der Waals surface area contributed by atoms with Crippen LogP contribution in [-0.4, -0.2) is 15.0 Å². The quantitative estimate of drug-likeness (QED) is 0.880. The Hall–Kier alpha value is -1.38. The van der Waals surface area contributed by atoms with Gasteiger partial charge in [-0.2, -0.15) is 5.26 Å². The SMILES string of the molecule is CC1CC1CNS(=O)(=O)c1cccc(C#N)c1. The molecular weight excluding hydrogens is 236 g/mol. The van der Waals surface area contributed by atoms with Gasteiger partial charge in [0.1, 0.15) is 0 Å². The van der Waals surface area contributed by atoms with E-state index in [1.54, 1.807) is 12.1 Å². The third kappa shape index (κ3) is 2.84. The van der Waals surface area contributed by atoms with Gasteiger partial charge in [-0.1, -0.05) is 13.0 Å². The largest absolute Gasteiger partial charge is 0.240 e. The summed E-state index contributed by atoms with van der Waals surface area (Å²) in [5.41, 5.74) is 0.354. The molecule has 17 heavy (non-hydrogen) atoms.